The molecule has 114 valence electrons. The summed E-state index contributed by atoms with van der Waals surface area (Å²) < 4.78 is 26.7. The summed E-state index contributed by atoms with van der Waals surface area (Å²) in [6.07, 6.45) is 0.829. The summed E-state index contributed by atoms with van der Waals surface area (Å²) in [6, 6.07) is 6.82. The molecule has 2 atom stereocenters. The van der Waals surface area contributed by atoms with Crippen LogP contribution in [0.2, 0.25) is 0 Å². The van der Waals surface area contributed by atoms with Crippen LogP contribution in [0.4, 0.5) is 13.6 Å². The molecule has 0 bridgehead atoms. The molecule has 1 saturated heterocycles. The second kappa shape index (κ2) is 5.26. The summed E-state index contributed by atoms with van der Waals surface area (Å²) in [5.74, 6) is -2.78. The first-order chi connectivity index (χ1) is 9.96. The van der Waals surface area contributed by atoms with Crippen molar-refractivity contribution in [3.8, 4) is 0 Å². The number of carbonyl (C=O) groups is 1. The normalized spacial score (nSPS) is 27.3. The van der Waals surface area contributed by atoms with Crippen LogP contribution in [-0.2, 0) is 6.42 Å². The van der Waals surface area contributed by atoms with E-state index in [1.165, 1.54) is 4.90 Å². The van der Waals surface area contributed by atoms with Crippen LogP contribution in [0, 0.1) is 0 Å². The molecule has 1 fully saturated rings. The number of alkyl halides is 2. The largest absolute Gasteiger partial charge is 0.333 e. The molecule has 4 nitrogen and oxygen atoms in total. The number of hydrogen-bond acceptors (Lipinski definition) is 2. The highest BCUT2D eigenvalue weighted by Gasteiger charge is 2.38. The fraction of sp³-hybridized carbons (Fsp3) is 0.533. The molecule has 2 amide bonds. The monoisotopic (exact) mass is 295 g/mol. The molecule has 1 aromatic carbocycles. The number of amides is 2. The molecular weight excluding hydrogens is 276 g/mol. The SMILES string of the molecule is N[C@@H]1c2ccccc2C[C@H]1NC(=O)N1CCCC(F)(F)C1. The maximum Gasteiger partial charge on any atom is 0.317 e. The molecule has 3 rings (SSSR count). The number of carbonyl (C=O) groups excluding carboxylic acids is 1. The van der Waals surface area contributed by atoms with Gasteiger partial charge in [0.1, 0.15) is 0 Å². The van der Waals surface area contributed by atoms with Crippen LogP contribution < -0.4 is 11.1 Å². The second-order valence-corrected chi connectivity index (χ2v) is 5.87. The van der Waals surface area contributed by atoms with Gasteiger partial charge in [0.25, 0.3) is 5.92 Å². The van der Waals surface area contributed by atoms with Gasteiger partial charge in [0, 0.05) is 13.0 Å². The first kappa shape index (κ1) is 14.3. The third kappa shape index (κ3) is 2.85. The van der Waals surface area contributed by atoms with Gasteiger partial charge in [0.2, 0.25) is 0 Å². The van der Waals surface area contributed by atoms with Crippen molar-refractivity contribution in [2.75, 3.05) is 13.1 Å². The summed E-state index contributed by atoms with van der Waals surface area (Å²) in [4.78, 5) is 13.4. The second-order valence-electron chi connectivity index (χ2n) is 5.87. The lowest BCUT2D eigenvalue weighted by Gasteiger charge is -2.33. The van der Waals surface area contributed by atoms with E-state index in [9.17, 15) is 13.6 Å². The van der Waals surface area contributed by atoms with E-state index in [0.717, 1.165) is 11.1 Å². The van der Waals surface area contributed by atoms with Gasteiger partial charge in [0.15, 0.2) is 0 Å². The van der Waals surface area contributed by atoms with E-state index < -0.39 is 18.5 Å². The van der Waals surface area contributed by atoms with Crippen molar-refractivity contribution >= 4 is 6.03 Å². The summed E-state index contributed by atoms with van der Waals surface area (Å²) in [5.41, 5.74) is 8.27. The fourth-order valence-corrected chi connectivity index (χ4v) is 3.16. The number of hydrogen-bond donors (Lipinski definition) is 2. The average molecular weight is 295 g/mol. The maximum atomic E-state index is 13.4. The summed E-state index contributed by atoms with van der Waals surface area (Å²) in [6.45, 7) is -0.135. The fourth-order valence-electron chi connectivity index (χ4n) is 3.16. The number of halogens is 2. The van der Waals surface area contributed by atoms with Crippen LogP contribution >= 0.6 is 0 Å². The molecule has 0 unspecified atom stereocenters. The topological polar surface area (TPSA) is 58.4 Å². The van der Waals surface area contributed by atoms with E-state index in [4.69, 9.17) is 5.73 Å². The van der Waals surface area contributed by atoms with E-state index in [0.29, 0.717) is 19.4 Å². The molecule has 1 aliphatic carbocycles. The minimum atomic E-state index is -2.78. The lowest BCUT2D eigenvalue weighted by Crippen LogP contribution is -2.53. The molecular formula is C15H19F2N3O. The van der Waals surface area contributed by atoms with Crippen LogP contribution in [0.15, 0.2) is 24.3 Å². The molecule has 1 aliphatic heterocycles. The van der Waals surface area contributed by atoms with E-state index in [2.05, 4.69) is 5.32 Å². The Morgan fingerprint density at radius 1 is 1.38 bits per heavy atom. The van der Waals surface area contributed by atoms with Gasteiger partial charge in [-0.15, -0.1) is 0 Å². The Labute approximate surface area is 122 Å². The Morgan fingerprint density at radius 2 is 2.14 bits per heavy atom. The van der Waals surface area contributed by atoms with E-state index in [1.54, 1.807) is 0 Å². The number of benzene rings is 1. The molecule has 0 radical (unpaired) electrons. The third-order valence-corrected chi connectivity index (χ3v) is 4.28. The summed E-state index contributed by atoms with van der Waals surface area (Å²) >= 11 is 0. The predicted octanol–water partition coefficient (Wildman–Crippen LogP) is 2.05. The quantitative estimate of drug-likeness (QED) is 0.833. The summed E-state index contributed by atoms with van der Waals surface area (Å²) in [5, 5.41) is 2.81. The number of fused-ring (bicyclic) bond motifs is 1. The first-order valence-corrected chi connectivity index (χ1v) is 7.23. The number of likely N-dealkylation sites (tertiary alicyclic amines) is 1. The Kier molecular flexibility index (Phi) is 3.57. The molecule has 0 spiro atoms. The van der Waals surface area contributed by atoms with Crippen molar-refractivity contribution in [2.24, 2.45) is 5.73 Å². The molecule has 6 heteroatoms. The van der Waals surface area contributed by atoms with Crippen LogP contribution in [0.1, 0.15) is 30.0 Å². The van der Waals surface area contributed by atoms with Crippen molar-refractivity contribution < 1.29 is 13.6 Å². The Morgan fingerprint density at radius 3 is 2.86 bits per heavy atom. The smallest absolute Gasteiger partial charge is 0.317 e. The third-order valence-electron chi connectivity index (χ3n) is 4.28. The molecule has 1 aromatic rings. The van der Waals surface area contributed by atoms with E-state index in [1.807, 2.05) is 24.3 Å². The van der Waals surface area contributed by atoms with Gasteiger partial charge in [-0.05, 0) is 24.0 Å². The van der Waals surface area contributed by atoms with Gasteiger partial charge >= 0.3 is 6.03 Å². The number of piperidine rings is 1. The predicted molar refractivity (Wildman–Crippen MR) is 75.1 cm³/mol. The lowest BCUT2D eigenvalue weighted by atomic mass is 10.1. The number of rotatable bonds is 1. The molecule has 3 N–H and O–H groups in total. The first-order valence-electron chi connectivity index (χ1n) is 7.23. The zero-order chi connectivity index (χ0) is 15.0. The number of nitrogens with zero attached hydrogens (tertiary/aromatic N) is 1. The van der Waals surface area contributed by atoms with Crippen LogP contribution in [0.5, 0.6) is 0 Å². The summed E-state index contributed by atoms with van der Waals surface area (Å²) in [7, 11) is 0. The lowest BCUT2D eigenvalue weighted by molar-refractivity contribution is -0.0525. The van der Waals surface area contributed by atoms with Gasteiger partial charge in [0.05, 0.1) is 18.6 Å². The maximum absolute atomic E-state index is 13.4. The zero-order valence-corrected chi connectivity index (χ0v) is 11.7. The standard InChI is InChI=1S/C15H19F2N3O/c16-15(17)6-3-7-20(9-15)14(21)19-12-8-10-4-1-2-5-11(10)13(12)18/h1-2,4-5,12-13H,3,6-9,18H2,(H,19,21)/t12-,13-/m1/s1. The highest BCUT2D eigenvalue weighted by molar-refractivity contribution is 5.75. The Hall–Kier alpha value is -1.69. The van der Waals surface area contributed by atoms with Gasteiger partial charge < -0.3 is 16.0 Å². The molecule has 0 aromatic heterocycles. The highest BCUT2D eigenvalue weighted by atomic mass is 19.3. The Balaban J connectivity index is 1.64. The van der Waals surface area contributed by atoms with Crippen molar-refractivity contribution in [2.45, 2.75) is 37.3 Å². The average Bonchev–Trinajstić information content (AvgIpc) is 2.75. The van der Waals surface area contributed by atoms with Crippen LogP contribution in [0.25, 0.3) is 0 Å². The molecule has 0 saturated carbocycles. The minimum Gasteiger partial charge on any atom is -0.333 e. The zero-order valence-electron chi connectivity index (χ0n) is 11.7. The highest BCUT2D eigenvalue weighted by Crippen LogP contribution is 2.30. The van der Waals surface area contributed by atoms with E-state index in [-0.39, 0.29) is 18.5 Å². The van der Waals surface area contributed by atoms with Crippen LogP contribution in [-0.4, -0.2) is 36.0 Å². The molecule has 1 heterocycles. The molecule has 21 heavy (non-hydrogen) atoms. The minimum absolute atomic E-state index is 0.148. The number of nitrogens with two attached hydrogens (primary N) is 1. The van der Waals surface area contributed by atoms with Gasteiger partial charge in [-0.3, -0.25) is 0 Å². The van der Waals surface area contributed by atoms with E-state index >= 15 is 0 Å². The van der Waals surface area contributed by atoms with Gasteiger partial charge in [-0.2, -0.15) is 0 Å². The van der Waals surface area contributed by atoms with Crippen molar-refractivity contribution in [3.05, 3.63) is 35.4 Å². The van der Waals surface area contributed by atoms with Gasteiger partial charge in [-0.1, -0.05) is 24.3 Å². The van der Waals surface area contributed by atoms with Crippen molar-refractivity contribution in [1.82, 2.24) is 10.2 Å². The molecule has 2 aliphatic rings. The van der Waals surface area contributed by atoms with Crippen LogP contribution in [0.3, 0.4) is 0 Å². The van der Waals surface area contributed by atoms with Gasteiger partial charge in [-0.25, -0.2) is 13.6 Å². The van der Waals surface area contributed by atoms with Crippen molar-refractivity contribution in [1.29, 1.82) is 0 Å². The van der Waals surface area contributed by atoms with Crippen molar-refractivity contribution in [3.63, 3.8) is 0 Å². The number of urea groups is 1. The Bertz CT molecular complexity index is 549. The number of nitrogens with one attached hydrogen (secondary N) is 1.